The molecule has 0 aliphatic rings. The largest absolute Gasteiger partial charge is 0.0988 e. The summed E-state index contributed by atoms with van der Waals surface area (Å²) in [5, 5.41) is 0. The summed E-state index contributed by atoms with van der Waals surface area (Å²) in [6, 6.07) is 10.7. The molecule has 0 amide bonds. The van der Waals surface area contributed by atoms with Crippen LogP contribution >= 0.6 is 0 Å². The van der Waals surface area contributed by atoms with Gasteiger partial charge >= 0.3 is 0 Å². The monoisotopic (exact) mass is 214 g/mol. The highest BCUT2D eigenvalue weighted by Crippen LogP contribution is 2.19. The molecule has 1 aromatic rings. The van der Waals surface area contributed by atoms with Gasteiger partial charge < -0.3 is 0 Å². The van der Waals surface area contributed by atoms with Crippen molar-refractivity contribution in [3.8, 4) is 0 Å². The maximum Gasteiger partial charge on any atom is -0.0238 e. The summed E-state index contributed by atoms with van der Waals surface area (Å²) in [6.45, 7) is 8.39. The number of hydrogen-bond donors (Lipinski definition) is 0. The summed E-state index contributed by atoms with van der Waals surface area (Å²) in [4.78, 5) is 0. The molecule has 0 N–H and O–H groups in total. The lowest BCUT2D eigenvalue weighted by Crippen LogP contribution is -1.92. The van der Waals surface area contributed by atoms with Gasteiger partial charge in [0, 0.05) is 0 Å². The van der Waals surface area contributed by atoms with Crippen molar-refractivity contribution >= 4 is 0 Å². The second kappa shape index (κ2) is 7.05. The van der Waals surface area contributed by atoms with Crippen LogP contribution in [0.25, 0.3) is 0 Å². The van der Waals surface area contributed by atoms with Gasteiger partial charge in [-0.2, -0.15) is 0 Å². The van der Waals surface area contributed by atoms with Crippen molar-refractivity contribution in [1.82, 2.24) is 0 Å². The third-order valence-corrected chi connectivity index (χ3v) is 3.08. The van der Waals surface area contributed by atoms with Gasteiger partial charge in [-0.1, -0.05) is 62.4 Å². The topological polar surface area (TPSA) is 0 Å². The van der Waals surface area contributed by atoms with Crippen molar-refractivity contribution in [3.05, 3.63) is 59.7 Å². The quantitative estimate of drug-likeness (QED) is 0.589. The van der Waals surface area contributed by atoms with Crippen molar-refractivity contribution in [3.63, 3.8) is 0 Å². The van der Waals surface area contributed by atoms with E-state index >= 15 is 0 Å². The summed E-state index contributed by atoms with van der Waals surface area (Å²) >= 11 is 0. The highest BCUT2D eigenvalue weighted by atomic mass is 14.1. The summed E-state index contributed by atoms with van der Waals surface area (Å²) in [7, 11) is 0. The van der Waals surface area contributed by atoms with E-state index in [1.165, 1.54) is 11.1 Å². The first-order valence-corrected chi connectivity index (χ1v) is 6.19. The van der Waals surface area contributed by atoms with Crippen LogP contribution in [0, 0.1) is 0 Å². The van der Waals surface area contributed by atoms with E-state index in [2.05, 4.69) is 50.8 Å². The second-order valence-electron chi connectivity index (χ2n) is 4.03. The summed E-state index contributed by atoms with van der Waals surface area (Å²) in [6.07, 6.45) is 6.56. The first-order chi connectivity index (χ1) is 7.81. The summed E-state index contributed by atoms with van der Waals surface area (Å²) in [5.41, 5.74) is 4.40. The molecule has 16 heavy (non-hydrogen) atoms. The van der Waals surface area contributed by atoms with Gasteiger partial charge in [-0.05, 0) is 36.8 Å². The van der Waals surface area contributed by atoms with Crippen LogP contribution in [0.2, 0.25) is 0 Å². The molecule has 86 valence electrons. The van der Waals surface area contributed by atoms with Crippen molar-refractivity contribution < 1.29 is 0 Å². The zero-order valence-electron chi connectivity index (χ0n) is 10.5. The van der Waals surface area contributed by atoms with Gasteiger partial charge in [0.2, 0.25) is 0 Å². The van der Waals surface area contributed by atoms with E-state index in [0.717, 1.165) is 25.7 Å². The third kappa shape index (κ3) is 3.69. The van der Waals surface area contributed by atoms with Crippen LogP contribution in [0.15, 0.2) is 54.1 Å². The van der Waals surface area contributed by atoms with Gasteiger partial charge in [0.1, 0.15) is 0 Å². The van der Waals surface area contributed by atoms with Crippen LogP contribution in [0.3, 0.4) is 0 Å². The molecule has 0 heterocycles. The molecule has 0 spiro atoms. The average Bonchev–Trinajstić information content (AvgIpc) is 2.35. The minimum atomic E-state index is 1.12. The number of aryl methyl sites for hydroxylation is 1. The van der Waals surface area contributed by atoms with E-state index in [1.54, 1.807) is 5.57 Å². The molecule has 1 rings (SSSR count). The zero-order valence-corrected chi connectivity index (χ0v) is 10.5. The number of rotatable bonds is 6. The van der Waals surface area contributed by atoms with Crippen molar-refractivity contribution in [2.75, 3.05) is 0 Å². The van der Waals surface area contributed by atoms with Gasteiger partial charge in [0.05, 0.1) is 0 Å². The molecule has 0 heteroatoms. The Labute approximate surface area is 99.7 Å². The second-order valence-corrected chi connectivity index (χ2v) is 4.03. The maximum absolute atomic E-state index is 3.93. The Balaban J connectivity index is 2.65. The fourth-order valence-corrected chi connectivity index (χ4v) is 2.05. The Morgan fingerprint density at radius 2 is 1.75 bits per heavy atom. The minimum absolute atomic E-state index is 1.12. The van der Waals surface area contributed by atoms with Crippen LogP contribution in [-0.4, -0.2) is 0 Å². The van der Waals surface area contributed by atoms with E-state index in [9.17, 15) is 0 Å². The molecule has 0 nitrogen and oxygen atoms in total. The SMILES string of the molecule is C=CC(CCc1ccccc1)=C(CC)CC. The zero-order chi connectivity index (χ0) is 11.8. The van der Waals surface area contributed by atoms with E-state index in [0.29, 0.717) is 0 Å². The van der Waals surface area contributed by atoms with Crippen LogP contribution in [0.4, 0.5) is 0 Å². The Morgan fingerprint density at radius 3 is 2.25 bits per heavy atom. The molecule has 0 unspecified atom stereocenters. The van der Waals surface area contributed by atoms with Gasteiger partial charge in [-0.3, -0.25) is 0 Å². The Morgan fingerprint density at radius 1 is 1.12 bits per heavy atom. The molecule has 0 saturated carbocycles. The van der Waals surface area contributed by atoms with Crippen molar-refractivity contribution in [2.45, 2.75) is 39.5 Å². The average molecular weight is 214 g/mol. The van der Waals surface area contributed by atoms with Gasteiger partial charge in [-0.15, -0.1) is 0 Å². The lowest BCUT2D eigenvalue weighted by Gasteiger charge is -2.09. The Bertz CT molecular complexity index is 338. The molecule has 1 aromatic carbocycles. The van der Waals surface area contributed by atoms with E-state index in [1.807, 2.05) is 6.08 Å². The fraction of sp³-hybridized carbons (Fsp3) is 0.375. The fourth-order valence-electron chi connectivity index (χ4n) is 2.05. The Hall–Kier alpha value is -1.30. The number of benzene rings is 1. The summed E-state index contributed by atoms with van der Waals surface area (Å²) in [5.74, 6) is 0. The molecule has 0 radical (unpaired) electrons. The molecular formula is C16H22. The molecule has 0 aliphatic carbocycles. The van der Waals surface area contributed by atoms with Crippen LogP contribution in [-0.2, 0) is 6.42 Å². The molecule has 0 atom stereocenters. The van der Waals surface area contributed by atoms with Gasteiger partial charge in [-0.25, -0.2) is 0 Å². The van der Waals surface area contributed by atoms with Gasteiger partial charge in [0.15, 0.2) is 0 Å². The lowest BCUT2D eigenvalue weighted by atomic mass is 9.97. The molecule has 0 aliphatic heterocycles. The highest BCUT2D eigenvalue weighted by molar-refractivity contribution is 5.26. The van der Waals surface area contributed by atoms with Crippen LogP contribution < -0.4 is 0 Å². The standard InChI is InChI=1S/C16H22/c1-4-15(5-2)16(6-3)13-12-14-10-8-7-9-11-14/h6-11H,3-5,12-13H2,1-2H3. The molecule has 0 bridgehead atoms. The highest BCUT2D eigenvalue weighted by Gasteiger charge is 2.01. The van der Waals surface area contributed by atoms with E-state index < -0.39 is 0 Å². The predicted molar refractivity (Wildman–Crippen MR) is 72.6 cm³/mol. The predicted octanol–water partition coefficient (Wildman–Crippen LogP) is 4.92. The summed E-state index contributed by atoms with van der Waals surface area (Å²) < 4.78 is 0. The van der Waals surface area contributed by atoms with E-state index in [-0.39, 0.29) is 0 Å². The van der Waals surface area contributed by atoms with E-state index in [4.69, 9.17) is 0 Å². The Kier molecular flexibility index (Phi) is 5.63. The first-order valence-electron chi connectivity index (χ1n) is 6.19. The normalized spacial score (nSPS) is 9.88. The smallest absolute Gasteiger partial charge is 0.0238 e. The molecular weight excluding hydrogens is 192 g/mol. The third-order valence-electron chi connectivity index (χ3n) is 3.08. The molecule has 0 saturated heterocycles. The number of hydrogen-bond acceptors (Lipinski definition) is 0. The molecule has 0 fully saturated rings. The minimum Gasteiger partial charge on any atom is -0.0988 e. The van der Waals surface area contributed by atoms with Crippen LogP contribution in [0.1, 0.15) is 38.7 Å². The first kappa shape index (κ1) is 12.8. The number of allylic oxidation sites excluding steroid dienone is 3. The van der Waals surface area contributed by atoms with Crippen molar-refractivity contribution in [2.24, 2.45) is 0 Å². The molecule has 0 aromatic heterocycles. The lowest BCUT2D eigenvalue weighted by molar-refractivity contribution is 0.887. The van der Waals surface area contributed by atoms with Crippen molar-refractivity contribution in [1.29, 1.82) is 0 Å². The maximum atomic E-state index is 3.93. The van der Waals surface area contributed by atoms with Crippen LogP contribution in [0.5, 0.6) is 0 Å². The van der Waals surface area contributed by atoms with Gasteiger partial charge in [0.25, 0.3) is 0 Å².